The molecule has 1 N–H and O–H groups in total. The van der Waals surface area contributed by atoms with Crippen LogP contribution in [-0.2, 0) is 0 Å². The van der Waals surface area contributed by atoms with Gasteiger partial charge < -0.3 is 5.32 Å². The Kier molecular flexibility index (Phi) is 3.99. The van der Waals surface area contributed by atoms with Crippen LogP contribution in [0.1, 0.15) is 31.4 Å². The van der Waals surface area contributed by atoms with Crippen molar-refractivity contribution in [2.24, 2.45) is 5.92 Å². The summed E-state index contributed by atoms with van der Waals surface area (Å²) in [6.07, 6.45) is 1.23. The molecule has 0 radical (unpaired) electrons. The number of hydrogen-bond acceptors (Lipinski definition) is 1. The smallest absolute Gasteiger partial charge is 0.0372 e. The third-order valence-corrected chi connectivity index (χ3v) is 2.43. The van der Waals surface area contributed by atoms with E-state index in [0.29, 0.717) is 0 Å². The molecule has 0 fully saturated rings. The number of nitrogens with one attached hydrogen (secondary N) is 1. The van der Waals surface area contributed by atoms with E-state index < -0.39 is 0 Å². The Balaban J connectivity index is 2.53. The monoisotopic (exact) mass is 191 g/mol. The maximum Gasteiger partial charge on any atom is 0.0372 e. The van der Waals surface area contributed by atoms with E-state index in [-0.39, 0.29) is 0 Å². The lowest BCUT2D eigenvalue weighted by atomic mass is 10.1. The molecule has 0 unspecified atom stereocenters. The molecule has 0 heterocycles. The lowest BCUT2D eigenvalue weighted by Gasteiger charge is -2.11. The molecule has 1 nitrogen and oxygen atoms in total. The Bertz CT molecular complexity index is 289. The average molecular weight is 191 g/mol. The van der Waals surface area contributed by atoms with Crippen molar-refractivity contribution in [3.8, 4) is 0 Å². The Labute approximate surface area is 87.5 Å². The fourth-order valence-electron chi connectivity index (χ4n) is 1.42. The molecule has 1 rings (SSSR count). The van der Waals surface area contributed by atoms with Crippen LogP contribution in [0.25, 0.3) is 0 Å². The van der Waals surface area contributed by atoms with Crippen molar-refractivity contribution < 1.29 is 0 Å². The first-order chi connectivity index (χ1) is 6.59. The fraction of sp³-hybridized carbons (Fsp3) is 0.538. The van der Waals surface area contributed by atoms with Crippen LogP contribution in [0.2, 0.25) is 0 Å². The summed E-state index contributed by atoms with van der Waals surface area (Å²) in [5.74, 6) is 0.771. The standard InChI is InChI=1S/C13H21N/c1-10(2)7-8-14-13-9-11(3)5-6-12(13)4/h5-6,9-10,14H,7-8H2,1-4H3. The van der Waals surface area contributed by atoms with Gasteiger partial charge in [0.15, 0.2) is 0 Å². The minimum Gasteiger partial charge on any atom is -0.385 e. The summed E-state index contributed by atoms with van der Waals surface area (Å²) in [4.78, 5) is 0. The summed E-state index contributed by atoms with van der Waals surface area (Å²) in [7, 11) is 0. The first kappa shape index (κ1) is 11.1. The van der Waals surface area contributed by atoms with E-state index in [4.69, 9.17) is 0 Å². The van der Waals surface area contributed by atoms with Crippen molar-refractivity contribution in [3.05, 3.63) is 29.3 Å². The first-order valence-corrected chi connectivity index (χ1v) is 5.40. The summed E-state index contributed by atoms with van der Waals surface area (Å²) >= 11 is 0. The molecule has 1 aromatic rings. The van der Waals surface area contributed by atoms with E-state index in [2.05, 4.69) is 51.2 Å². The molecular weight excluding hydrogens is 170 g/mol. The van der Waals surface area contributed by atoms with E-state index in [0.717, 1.165) is 12.5 Å². The lowest BCUT2D eigenvalue weighted by molar-refractivity contribution is 0.607. The molecule has 78 valence electrons. The van der Waals surface area contributed by atoms with Crippen LogP contribution in [0.3, 0.4) is 0 Å². The van der Waals surface area contributed by atoms with Gasteiger partial charge in [0.05, 0.1) is 0 Å². The minimum atomic E-state index is 0.771. The Morgan fingerprint density at radius 3 is 2.57 bits per heavy atom. The van der Waals surface area contributed by atoms with Crippen LogP contribution >= 0.6 is 0 Å². The van der Waals surface area contributed by atoms with E-state index in [1.165, 1.54) is 23.2 Å². The topological polar surface area (TPSA) is 12.0 Å². The SMILES string of the molecule is Cc1ccc(C)c(NCCC(C)C)c1. The summed E-state index contributed by atoms with van der Waals surface area (Å²) in [6, 6.07) is 6.55. The predicted molar refractivity (Wildman–Crippen MR) is 63.9 cm³/mol. The van der Waals surface area contributed by atoms with Crippen molar-refractivity contribution in [2.75, 3.05) is 11.9 Å². The zero-order chi connectivity index (χ0) is 10.6. The minimum absolute atomic E-state index is 0.771. The van der Waals surface area contributed by atoms with Gasteiger partial charge >= 0.3 is 0 Å². The molecule has 0 amide bonds. The third-order valence-electron chi connectivity index (χ3n) is 2.43. The summed E-state index contributed by atoms with van der Waals surface area (Å²) < 4.78 is 0. The molecular formula is C13H21N. The van der Waals surface area contributed by atoms with Gasteiger partial charge in [0.2, 0.25) is 0 Å². The largest absolute Gasteiger partial charge is 0.385 e. The number of aryl methyl sites for hydroxylation is 2. The van der Waals surface area contributed by atoms with Crippen LogP contribution < -0.4 is 5.32 Å². The van der Waals surface area contributed by atoms with Crippen molar-refractivity contribution in [1.82, 2.24) is 0 Å². The van der Waals surface area contributed by atoms with Gasteiger partial charge in [-0.2, -0.15) is 0 Å². The van der Waals surface area contributed by atoms with Crippen LogP contribution in [0.4, 0.5) is 5.69 Å². The van der Waals surface area contributed by atoms with E-state index in [1.807, 2.05) is 0 Å². The van der Waals surface area contributed by atoms with Gasteiger partial charge in [0.25, 0.3) is 0 Å². The van der Waals surface area contributed by atoms with Crippen molar-refractivity contribution in [1.29, 1.82) is 0 Å². The average Bonchev–Trinajstić information content (AvgIpc) is 2.10. The second kappa shape index (κ2) is 5.04. The van der Waals surface area contributed by atoms with Gasteiger partial charge in [-0.25, -0.2) is 0 Å². The Morgan fingerprint density at radius 1 is 1.21 bits per heavy atom. The van der Waals surface area contributed by atoms with Gasteiger partial charge in [-0.1, -0.05) is 26.0 Å². The van der Waals surface area contributed by atoms with Crippen molar-refractivity contribution >= 4 is 5.69 Å². The van der Waals surface area contributed by atoms with Crippen molar-refractivity contribution in [2.45, 2.75) is 34.1 Å². The van der Waals surface area contributed by atoms with Crippen molar-refractivity contribution in [3.63, 3.8) is 0 Å². The van der Waals surface area contributed by atoms with Gasteiger partial charge in [-0.15, -0.1) is 0 Å². The highest BCUT2D eigenvalue weighted by Gasteiger charge is 1.98. The number of hydrogen-bond donors (Lipinski definition) is 1. The van der Waals surface area contributed by atoms with E-state index >= 15 is 0 Å². The maximum atomic E-state index is 3.49. The summed E-state index contributed by atoms with van der Waals surface area (Å²) in [5.41, 5.74) is 3.94. The molecule has 0 aliphatic heterocycles. The summed E-state index contributed by atoms with van der Waals surface area (Å²) in [6.45, 7) is 9.86. The maximum absolute atomic E-state index is 3.49. The molecule has 0 aliphatic rings. The summed E-state index contributed by atoms with van der Waals surface area (Å²) in [5, 5.41) is 3.49. The molecule has 0 aliphatic carbocycles. The van der Waals surface area contributed by atoms with E-state index in [9.17, 15) is 0 Å². The molecule has 0 saturated heterocycles. The Hall–Kier alpha value is -0.980. The fourth-order valence-corrected chi connectivity index (χ4v) is 1.42. The Morgan fingerprint density at radius 2 is 1.93 bits per heavy atom. The number of benzene rings is 1. The quantitative estimate of drug-likeness (QED) is 0.764. The second-order valence-electron chi connectivity index (χ2n) is 4.43. The molecule has 1 heteroatoms. The lowest BCUT2D eigenvalue weighted by Crippen LogP contribution is -2.05. The van der Waals surface area contributed by atoms with Gasteiger partial charge in [-0.05, 0) is 43.4 Å². The predicted octanol–water partition coefficient (Wildman–Crippen LogP) is 3.76. The number of anilines is 1. The normalized spacial score (nSPS) is 10.6. The third kappa shape index (κ3) is 3.41. The first-order valence-electron chi connectivity index (χ1n) is 5.40. The molecule has 0 atom stereocenters. The highest BCUT2D eigenvalue weighted by atomic mass is 14.9. The highest BCUT2D eigenvalue weighted by Crippen LogP contribution is 2.16. The molecule has 1 aromatic carbocycles. The van der Waals surface area contributed by atoms with Gasteiger partial charge in [0, 0.05) is 12.2 Å². The van der Waals surface area contributed by atoms with Crippen LogP contribution in [-0.4, -0.2) is 6.54 Å². The molecule has 14 heavy (non-hydrogen) atoms. The van der Waals surface area contributed by atoms with E-state index in [1.54, 1.807) is 0 Å². The van der Waals surface area contributed by atoms with Crippen LogP contribution in [0.5, 0.6) is 0 Å². The van der Waals surface area contributed by atoms with Crippen LogP contribution in [0.15, 0.2) is 18.2 Å². The highest BCUT2D eigenvalue weighted by molar-refractivity contribution is 5.52. The molecule has 0 spiro atoms. The van der Waals surface area contributed by atoms with Gasteiger partial charge in [0.1, 0.15) is 0 Å². The molecule has 0 aromatic heterocycles. The zero-order valence-electron chi connectivity index (χ0n) is 9.72. The molecule has 0 bridgehead atoms. The number of rotatable bonds is 4. The second-order valence-corrected chi connectivity index (χ2v) is 4.43. The molecule has 0 saturated carbocycles. The zero-order valence-corrected chi connectivity index (χ0v) is 9.72. The van der Waals surface area contributed by atoms with Crippen LogP contribution in [0, 0.1) is 19.8 Å². The van der Waals surface area contributed by atoms with Gasteiger partial charge in [-0.3, -0.25) is 0 Å².